The molecule has 0 radical (unpaired) electrons. The second-order valence-electron chi connectivity index (χ2n) is 11.1. The summed E-state index contributed by atoms with van der Waals surface area (Å²) in [5.41, 5.74) is 3.76. The van der Waals surface area contributed by atoms with E-state index in [2.05, 4.69) is 23.0 Å². The third kappa shape index (κ3) is 2.61. The zero-order chi connectivity index (χ0) is 23.2. The van der Waals surface area contributed by atoms with Gasteiger partial charge in [-0.2, -0.15) is 0 Å². The van der Waals surface area contributed by atoms with Gasteiger partial charge in [-0.25, -0.2) is 0 Å². The number of oxime groups is 1. The van der Waals surface area contributed by atoms with Crippen molar-refractivity contribution in [1.82, 2.24) is 4.90 Å². The van der Waals surface area contributed by atoms with Gasteiger partial charge in [-0.3, -0.25) is 4.90 Å². The minimum Gasteiger partial charge on any atom is -0.504 e. The lowest BCUT2D eigenvalue weighted by Crippen LogP contribution is -2.76. The second-order valence-corrected chi connectivity index (χ2v) is 11.1. The topological polar surface area (TPSA) is 74.5 Å². The summed E-state index contributed by atoms with van der Waals surface area (Å²) in [6.07, 6.45) is 5.02. The first-order valence-corrected chi connectivity index (χ1v) is 12.7. The first-order chi connectivity index (χ1) is 16.4. The fourth-order valence-electron chi connectivity index (χ4n) is 7.30. The molecule has 34 heavy (non-hydrogen) atoms. The fourth-order valence-corrected chi connectivity index (χ4v) is 7.30. The van der Waals surface area contributed by atoms with Crippen LogP contribution in [0.3, 0.4) is 0 Å². The Hall–Kier alpha value is -2.57. The summed E-state index contributed by atoms with van der Waals surface area (Å²) in [7, 11) is 0. The van der Waals surface area contributed by atoms with E-state index in [4.69, 9.17) is 9.57 Å². The summed E-state index contributed by atoms with van der Waals surface area (Å²) in [6.45, 7) is 6.11. The largest absolute Gasteiger partial charge is 0.504 e. The SMILES string of the molecule is Cc1cccc(ON=C2CCC3(O)[C@H]4Cc5ccc(O)c6c5[C@@]3(CCN4CC3CC3)[C@H]2O6)c1C. The number of ether oxygens (including phenoxy) is 1. The van der Waals surface area contributed by atoms with E-state index < -0.39 is 17.1 Å². The number of phenols is 1. The molecule has 2 N–H and O–H groups in total. The van der Waals surface area contributed by atoms with Crippen LogP contribution in [0.1, 0.15) is 54.4 Å². The van der Waals surface area contributed by atoms with Crippen molar-refractivity contribution in [2.75, 3.05) is 13.1 Å². The van der Waals surface area contributed by atoms with E-state index in [1.165, 1.54) is 18.4 Å². The lowest BCUT2D eigenvalue weighted by atomic mass is 9.49. The minimum atomic E-state index is -0.908. The zero-order valence-corrected chi connectivity index (χ0v) is 19.9. The maximum absolute atomic E-state index is 12.5. The normalized spacial score (nSPS) is 34.6. The molecule has 6 nitrogen and oxygen atoms in total. The van der Waals surface area contributed by atoms with Crippen LogP contribution >= 0.6 is 0 Å². The zero-order valence-electron chi connectivity index (χ0n) is 19.9. The van der Waals surface area contributed by atoms with Gasteiger partial charge in [0.15, 0.2) is 23.4 Å². The summed E-state index contributed by atoms with van der Waals surface area (Å²) in [4.78, 5) is 8.52. The van der Waals surface area contributed by atoms with Gasteiger partial charge < -0.3 is 19.8 Å². The molecule has 2 heterocycles. The molecule has 3 aliphatic carbocycles. The van der Waals surface area contributed by atoms with E-state index in [1.807, 2.05) is 25.1 Å². The smallest absolute Gasteiger partial charge is 0.166 e. The number of rotatable bonds is 4. The number of aryl methyl sites for hydroxylation is 1. The van der Waals surface area contributed by atoms with Crippen molar-refractivity contribution in [2.24, 2.45) is 11.1 Å². The van der Waals surface area contributed by atoms with Gasteiger partial charge in [0.2, 0.25) is 0 Å². The van der Waals surface area contributed by atoms with Gasteiger partial charge in [-0.05, 0) is 93.7 Å². The van der Waals surface area contributed by atoms with Gasteiger partial charge in [0, 0.05) is 18.2 Å². The van der Waals surface area contributed by atoms with Crippen LogP contribution in [0.25, 0.3) is 0 Å². The molecule has 7 rings (SSSR count). The van der Waals surface area contributed by atoms with Crippen molar-refractivity contribution in [3.63, 3.8) is 0 Å². The van der Waals surface area contributed by atoms with Crippen molar-refractivity contribution < 1.29 is 19.8 Å². The van der Waals surface area contributed by atoms with Gasteiger partial charge >= 0.3 is 0 Å². The van der Waals surface area contributed by atoms with Crippen LogP contribution in [0.5, 0.6) is 17.2 Å². The summed E-state index contributed by atoms with van der Waals surface area (Å²) >= 11 is 0. The molecule has 1 unspecified atom stereocenters. The number of likely N-dealkylation sites (tertiary alicyclic amines) is 1. The Morgan fingerprint density at radius 2 is 2.03 bits per heavy atom. The number of phenolic OH excluding ortho intramolecular Hbond substituents is 1. The molecule has 1 saturated heterocycles. The lowest BCUT2D eigenvalue weighted by molar-refractivity contribution is -0.167. The van der Waals surface area contributed by atoms with E-state index >= 15 is 0 Å². The van der Waals surface area contributed by atoms with Gasteiger partial charge in [0.1, 0.15) is 0 Å². The average molecular weight is 461 g/mol. The summed E-state index contributed by atoms with van der Waals surface area (Å²) < 4.78 is 6.52. The van der Waals surface area contributed by atoms with Crippen LogP contribution in [0.4, 0.5) is 0 Å². The maximum atomic E-state index is 12.5. The van der Waals surface area contributed by atoms with Gasteiger partial charge in [0.25, 0.3) is 0 Å². The monoisotopic (exact) mass is 460 g/mol. The Balaban J connectivity index is 1.33. The summed E-state index contributed by atoms with van der Waals surface area (Å²) in [6, 6.07) is 9.82. The molecule has 3 fully saturated rings. The molecule has 178 valence electrons. The average Bonchev–Trinajstić information content (AvgIpc) is 3.56. The minimum absolute atomic E-state index is 0.0671. The van der Waals surface area contributed by atoms with Crippen LogP contribution in [0, 0.1) is 19.8 Å². The first-order valence-electron chi connectivity index (χ1n) is 12.7. The van der Waals surface area contributed by atoms with Crippen LogP contribution in [0.2, 0.25) is 0 Å². The lowest BCUT2D eigenvalue weighted by Gasteiger charge is -2.63. The molecule has 2 aromatic rings. The number of nitrogens with zero attached hydrogens (tertiary/aromatic N) is 2. The van der Waals surface area contributed by atoms with Crippen LogP contribution in [0.15, 0.2) is 35.5 Å². The number of aromatic hydroxyl groups is 1. The molecule has 1 spiro atoms. The first kappa shape index (κ1) is 20.8. The van der Waals surface area contributed by atoms with Crippen molar-refractivity contribution in [3.05, 3.63) is 52.6 Å². The van der Waals surface area contributed by atoms with Crippen molar-refractivity contribution >= 4 is 5.71 Å². The Morgan fingerprint density at radius 1 is 1.18 bits per heavy atom. The Kier molecular flexibility index (Phi) is 4.27. The Morgan fingerprint density at radius 3 is 2.85 bits per heavy atom. The van der Waals surface area contributed by atoms with E-state index in [0.717, 1.165) is 60.0 Å². The van der Waals surface area contributed by atoms with Crippen molar-refractivity contribution in [3.8, 4) is 17.2 Å². The number of piperidine rings is 1. The molecule has 6 heteroatoms. The quantitative estimate of drug-likeness (QED) is 0.675. The fraction of sp³-hybridized carbons (Fsp3) is 0.536. The van der Waals surface area contributed by atoms with Crippen LogP contribution in [-0.2, 0) is 11.8 Å². The van der Waals surface area contributed by atoms with E-state index in [9.17, 15) is 10.2 Å². The Bertz CT molecular complexity index is 1220. The Labute approximate surface area is 200 Å². The van der Waals surface area contributed by atoms with E-state index in [-0.39, 0.29) is 11.8 Å². The summed E-state index contributed by atoms with van der Waals surface area (Å²) in [5, 5.41) is 27.9. The summed E-state index contributed by atoms with van der Waals surface area (Å²) in [5.74, 6) is 2.21. The van der Waals surface area contributed by atoms with Crippen LogP contribution in [-0.4, -0.2) is 51.7 Å². The number of hydrogen-bond donors (Lipinski definition) is 2. The third-order valence-corrected chi connectivity index (χ3v) is 9.39. The van der Waals surface area contributed by atoms with Crippen molar-refractivity contribution in [1.29, 1.82) is 0 Å². The highest BCUT2D eigenvalue weighted by Gasteiger charge is 2.72. The molecular formula is C28H32N2O4. The standard InChI is InChI=1S/C28H32N2O4/c1-16-4-3-5-22(17(16)2)34-29-20-10-11-28(32)23-14-19-8-9-21(31)25-24(19)27(28,26(20)33-25)12-13-30(23)15-18-6-7-18/h3-5,8-9,18,23,26,31-32H,6-7,10-15H2,1-2H3/t23-,26+,27+,28?/m1/s1. The van der Waals surface area contributed by atoms with Gasteiger partial charge in [-0.1, -0.05) is 23.4 Å². The highest BCUT2D eigenvalue weighted by Crippen LogP contribution is 2.65. The van der Waals surface area contributed by atoms with Crippen molar-refractivity contribution in [2.45, 2.75) is 75.5 Å². The number of hydrogen-bond acceptors (Lipinski definition) is 6. The second kappa shape index (κ2) is 6.98. The number of aliphatic hydroxyl groups is 1. The predicted molar refractivity (Wildman–Crippen MR) is 129 cm³/mol. The highest BCUT2D eigenvalue weighted by atomic mass is 16.6. The van der Waals surface area contributed by atoms with Gasteiger partial charge in [-0.15, -0.1) is 0 Å². The van der Waals surface area contributed by atoms with Crippen LogP contribution < -0.4 is 9.57 Å². The molecule has 2 aromatic carbocycles. The molecule has 4 atom stereocenters. The van der Waals surface area contributed by atoms with E-state index in [1.54, 1.807) is 6.07 Å². The molecule has 2 aliphatic heterocycles. The highest BCUT2D eigenvalue weighted by molar-refractivity contribution is 5.94. The molecule has 0 aromatic heterocycles. The molecule has 0 amide bonds. The predicted octanol–water partition coefficient (Wildman–Crippen LogP) is 4.01. The number of benzene rings is 2. The third-order valence-electron chi connectivity index (χ3n) is 9.39. The molecule has 5 aliphatic rings. The molecule has 2 saturated carbocycles. The van der Waals surface area contributed by atoms with Gasteiger partial charge in [0.05, 0.1) is 16.7 Å². The van der Waals surface area contributed by atoms with E-state index in [0.29, 0.717) is 18.6 Å². The molecule has 2 bridgehead atoms. The molecular weight excluding hydrogens is 428 g/mol. The maximum Gasteiger partial charge on any atom is 0.166 e.